The minimum Gasteiger partial charge on any atom is -0.391 e. The van der Waals surface area contributed by atoms with Gasteiger partial charge in [-0.2, -0.15) is 0 Å². The fourth-order valence-electron chi connectivity index (χ4n) is 2.11. The second-order valence-electron chi connectivity index (χ2n) is 4.33. The Bertz CT molecular complexity index is 397. The molecule has 0 spiro atoms. The van der Waals surface area contributed by atoms with Crippen LogP contribution in [-0.4, -0.2) is 17.3 Å². The van der Waals surface area contributed by atoms with E-state index in [0.717, 1.165) is 30.5 Å². The largest absolute Gasteiger partial charge is 0.391 e. The summed E-state index contributed by atoms with van der Waals surface area (Å²) in [5, 5.41) is 13.0. The summed E-state index contributed by atoms with van der Waals surface area (Å²) in [6.45, 7) is 1.86. The summed E-state index contributed by atoms with van der Waals surface area (Å²) in [6, 6.07) is 3.32. The molecule has 1 aliphatic rings. The molecule has 1 aromatic rings. The zero-order valence-electron chi connectivity index (χ0n) is 9.13. The second kappa shape index (κ2) is 4.72. The van der Waals surface area contributed by atoms with Crippen molar-refractivity contribution < 1.29 is 9.50 Å². The molecular weight excluding hydrogens is 273 g/mol. The monoisotopic (exact) mass is 287 g/mol. The lowest BCUT2D eigenvalue weighted by molar-refractivity contribution is 0.172. The van der Waals surface area contributed by atoms with Gasteiger partial charge in [0, 0.05) is 5.69 Å². The molecule has 0 aliphatic heterocycles. The van der Waals surface area contributed by atoms with E-state index in [1.54, 1.807) is 6.07 Å². The van der Waals surface area contributed by atoms with Crippen LogP contribution in [0.25, 0.3) is 0 Å². The first-order valence-corrected chi connectivity index (χ1v) is 6.27. The molecule has 16 heavy (non-hydrogen) atoms. The zero-order chi connectivity index (χ0) is 11.7. The SMILES string of the molecule is Cc1cc(F)c(Br)cc1N[C@H]1CCC[C@@H]1O. The highest BCUT2D eigenvalue weighted by Gasteiger charge is 2.25. The highest BCUT2D eigenvalue weighted by atomic mass is 79.9. The van der Waals surface area contributed by atoms with Gasteiger partial charge in [-0.05, 0) is 59.8 Å². The van der Waals surface area contributed by atoms with Crippen molar-refractivity contribution in [3.05, 3.63) is 28.0 Å². The third kappa shape index (κ3) is 2.38. The number of aryl methyl sites for hydroxylation is 1. The summed E-state index contributed by atoms with van der Waals surface area (Å²) in [5.74, 6) is -0.255. The molecule has 1 aromatic carbocycles. The molecule has 0 bridgehead atoms. The summed E-state index contributed by atoms with van der Waals surface area (Å²) in [6.07, 6.45) is 2.57. The number of hydrogen-bond acceptors (Lipinski definition) is 2. The van der Waals surface area contributed by atoms with Gasteiger partial charge in [-0.25, -0.2) is 4.39 Å². The lowest BCUT2D eigenvalue weighted by atomic mass is 10.1. The lowest BCUT2D eigenvalue weighted by Crippen LogP contribution is -2.28. The van der Waals surface area contributed by atoms with Crippen molar-refractivity contribution >= 4 is 21.6 Å². The standard InChI is InChI=1S/C12H15BrFNO/c1-7-5-9(14)8(13)6-11(7)15-10-3-2-4-12(10)16/h5-6,10,12,15-16H,2-4H2,1H3/t10-,12-/m0/s1. The van der Waals surface area contributed by atoms with Crippen LogP contribution < -0.4 is 5.32 Å². The van der Waals surface area contributed by atoms with Crippen LogP contribution in [0.5, 0.6) is 0 Å². The molecule has 1 fully saturated rings. The molecular formula is C12H15BrFNO. The van der Waals surface area contributed by atoms with Crippen LogP contribution in [0.4, 0.5) is 10.1 Å². The molecule has 2 rings (SSSR count). The quantitative estimate of drug-likeness (QED) is 0.875. The fourth-order valence-corrected chi connectivity index (χ4v) is 2.45. The average molecular weight is 288 g/mol. The topological polar surface area (TPSA) is 32.3 Å². The predicted octanol–water partition coefficient (Wildman–Crippen LogP) is 3.22. The van der Waals surface area contributed by atoms with Crippen LogP contribution in [-0.2, 0) is 0 Å². The Morgan fingerprint density at radius 2 is 2.19 bits per heavy atom. The Hall–Kier alpha value is -0.610. The van der Waals surface area contributed by atoms with Crippen molar-refractivity contribution in [2.45, 2.75) is 38.3 Å². The van der Waals surface area contributed by atoms with Crippen LogP contribution >= 0.6 is 15.9 Å². The minimum absolute atomic E-state index is 0.0936. The van der Waals surface area contributed by atoms with E-state index in [-0.39, 0.29) is 18.0 Å². The van der Waals surface area contributed by atoms with Crippen molar-refractivity contribution in [1.82, 2.24) is 0 Å². The Morgan fingerprint density at radius 3 is 2.81 bits per heavy atom. The third-order valence-electron chi connectivity index (χ3n) is 3.09. The predicted molar refractivity (Wildman–Crippen MR) is 66.1 cm³/mol. The van der Waals surface area contributed by atoms with Gasteiger partial charge in [0.1, 0.15) is 5.82 Å². The van der Waals surface area contributed by atoms with Crippen LogP contribution in [0.15, 0.2) is 16.6 Å². The first kappa shape index (κ1) is 11.9. The van der Waals surface area contributed by atoms with E-state index in [1.165, 1.54) is 6.07 Å². The molecule has 4 heteroatoms. The van der Waals surface area contributed by atoms with Gasteiger partial charge in [0.15, 0.2) is 0 Å². The van der Waals surface area contributed by atoms with E-state index in [0.29, 0.717) is 4.47 Å². The molecule has 0 aromatic heterocycles. The zero-order valence-corrected chi connectivity index (χ0v) is 10.7. The number of aliphatic hydroxyl groups is 1. The summed E-state index contributed by atoms with van der Waals surface area (Å²) in [5.41, 5.74) is 1.75. The third-order valence-corrected chi connectivity index (χ3v) is 3.70. The maximum atomic E-state index is 13.2. The molecule has 1 saturated carbocycles. The Labute approximate surface area is 103 Å². The molecule has 2 N–H and O–H groups in total. The minimum atomic E-state index is -0.289. The van der Waals surface area contributed by atoms with Gasteiger partial charge >= 0.3 is 0 Å². The molecule has 1 aliphatic carbocycles. The van der Waals surface area contributed by atoms with Gasteiger partial charge in [-0.3, -0.25) is 0 Å². The Morgan fingerprint density at radius 1 is 1.44 bits per heavy atom. The highest BCUT2D eigenvalue weighted by molar-refractivity contribution is 9.10. The Balaban J connectivity index is 2.18. The van der Waals surface area contributed by atoms with Crippen molar-refractivity contribution in [3.8, 4) is 0 Å². The summed E-state index contributed by atoms with van der Waals surface area (Å²) < 4.78 is 13.7. The molecule has 0 radical (unpaired) electrons. The second-order valence-corrected chi connectivity index (χ2v) is 5.18. The fraction of sp³-hybridized carbons (Fsp3) is 0.500. The van der Waals surface area contributed by atoms with Crippen molar-refractivity contribution in [2.24, 2.45) is 0 Å². The van der Waals surface area contributed by atoms with Crippen molar-refractivity contribution in [2.75, 3.05) is 5.32 Å². The Kier molecular flexibility index (Phi) is 3.50. The first-order valence-electron chi connectivity index (χ1n) is 5.48. The van der Waals surface area contributed by atoms with E-state index in [1.807, 2.05) is 6.92 Å². The van der Waals surface area contributed by atoms with E-state index in [4.69, 9.17) is 0 Å². The number of rotatable bonds is 2. The van der Waals surface area contributed by atoms with E-state index in [2.05, 4.69) is 21.2 Å². The number of anilines is 1. The molecule has 2 nitrogen and oxygen atoms in total. The molecule has 0 heterocycles. The molecule has 88 valence electrons. The highest BCUT2D eigenvalue weighted by Crippen LogP contribution is 2.28. The van der Waals surface area contributed by atoms with E-state index in [9.17, 15) is 9.50 Å². The average Bonchev–Trinajstić information content (AvgIpc) is 2.61. The van der Waals surface area contributed by atoms with Crippen LogP contribution in [0.1, 0.15) is 24.8 Å². The van der Waals surface area contributed by atoms with Crippen LogP contribution in [0, 0.1) is 12.7 Å². The maximum absolute atomic E-state index is 13.2. The van der Waals surface area contributed by atoms with Crippen molar-refractivity contribution in [3.63, 3.8) is 0 Å². The lowest BCUT2D eigenvalue weighted by Gasteiger charge is -2.19. The first-order chi connectivity index (χ1) is 7.58. The van der Waals surface area contributed by atoms with Gasteiger partial charge < -0.3 is 10.4 Å². The van der Waals surface area contributed by atoms with Crippen LogP contribution in [0.3, 0.4) is 0 Å². The van der Waals surface area contributed by atoms with E-state index < -0.39 is 0 Å². The molecule has 2 atom stereocenters. The molecule has 0 unspecified atom stereocenters. The normalized spacial score (nSPS) is 24.8. The van der Waals surface area contributed by atoms with Crippen LogP contribution in [0.2, 0.25) is 0 Å². The van der Waals surface area contributed by atoms with Gasteiger partial charge in [0.25, 0.3) is 0 Å². The number of halogens is 2. The van der Waals surface area contributed by atoms with Gasteiger partial charge in [0.05, 0.1) is 16.6 Å². The smallest absolute Gasteiger partial charge is 0.137 e. The summed E-state index contributed by atoms with van der Waals surface area (Å²) >= 11 is 3.17. The van der Waals surface area contributed by atoms with Crippen molar-refractivity contribution in [1.29, 1.82) is 0 Å². The van der Waals surface area contributed by atoms with Gasteiger partial charge in [0.2, 0.25) is 0 Å². The van der Waals surface area contributed by atoms with Gasteiger partial charge in [-0.1, -0.05) is 0 Å². The number of nitrogens with one attached hydrogen (secondary N) is 1. The summed E-state index contributed by atoms with van der Waals surface area (Å²) in [7, 11) is 0. The van der Waals surface area contributed by atoms with E-state index >= 15 is 0 Å². The molecule has 0 saturated heterocycles. The number of aliphatic hydroxyl groups excluding tert-OH is 1. The maximum Gasteiger partial charge on any atom is 0.137 e. The molecule has 0 amide bonds. The summed E-state index contributed by atoms with van der Waals surface area (Å²) in [4.78, 5) is 0. The number of hydrogen-bond donors (Lipinski definition) is 2. The number of benzene rings is 1. The van der Waals surface area contributed by atoms with Gasteiger partial charge in [-0.15, -0.1) is 0 Å².